The maximum absolute atomic E-state index is 12.3. The smallest absolute Gasteiger partial charge is 0.123 e. The third-order valence-electron chi connectivity index (χ3n) is 12.1. The number of aromatic hydroxyl groups is 1. The van der Waals surface area contributed by atoms with Crippen LogP contribution in [0.15, 0.2) is 36.4 Å². The van der Waals surface area contributed by atoms with Crippen LogP contribution in [-0.4, -0.2) is 5.11 Å². The predicted molar refractivity (Wildman–Crippen MR) is 189 cm³/mol. The molecule has 0 unspecified atom stereocenters. The van der Waals surface area contributed by atoms with Crippen LogP contribution in [0, 0.1) is 0 Å². The number of fused-ring (bicyclic) bond motifs is 5. The first-order valence-corrected chi connectivity index (χ1v) is 17.2. The van der Waals surface area contributed by atoms with Crippen molar-refractivity contribution in [2.75, 3.05) is 0 Å². The lowest BCUT2D eigenvalue weighted by molar-refractivity contribution is 0.331. The minimum absolute atomic E-state index is 0.000627. The molecule has 0 fully saturated rings. The predicted octanol–water partition coefficient (Wildman–Crippen LogP) is 11.8. The lowest BCUT2D eigenvalue weighted by Gasteiger charge is -2.42. The molecule has 1 heteroatoms. The number of benzene rings is 3. The fourth-order valence-electron chi connectivity index (χ4n) is 8.59. The highest BCUT2D eigenvalue weighted by Gasteiger charge is 2.44. The Morgan fingerprint density at radius 1 is 0.500 bits per heavy atom. The summed E-state index contributed by atoms with van der Waals surface area (Å²) in [5.74, 6) is 0.476. The van der Waals surface area contributed by atoms with E-state index in [1.807, 2.05) is 0 Å². The molecule has 0 heterocycles. The molecule has 44 heavy (non-hydrogen) atoms. The fraction of sp³-hybridized carbons (Fsp3) is 0.581. The first-order valence-electron chi connectivity index (χ1n) is 17.2. The van der Waals surface area contributed by atoms with Crippen molar-refractivity contribution in [1.82, 2.24) is 0 Å². The van der Waals surface area contributed by atoms with Gasteiger partial charge in [0.1, 0.15) is 5.75 Å². The van der Waals surface area contributed by atoms with E-state index in [-0.39, 0.29) is 38.4 Å². The average Bonchev–Trinajstić information content (AvgIpc) is 3.20. The number of phenolic OH excluding ortho intramolecular Hbond substituents is 1. The minimum Gasteiger partial charge on any atom is -0.507 e. The third-order valence-corrected chi connectivity index (χ3v) is 12.1. The van der Waals surface area contributed by atoms with Gasteiger partial charge in [-0.3, -0.25) is 0 Å². The molecule has 0 aliphatic heterocycles. The van der Waals surface area contributed by atoms with E-state index in [2.05, 4.69) is 133 Å². The van der Waals surface area contributed by atoms with Crippen molar-refractivity contribution in [2.45, 2.75) is 161 Å². The van der Waals surface area contributed by atoms with Gasteiger partial charge in [-0.25, -0.2) is 0 Å². The Kier molecular flexibility index (Phi) is 6.62. The van der Waals surface area contributed by atoms with Crippen LogP contribution in [0.5, 0.6) is 5.75 Å². The Morgan fingerprint density at radius 3 is 1.20 bits per heavy atom. The zero-order chi connectivity index (χ0) is 32.6. The largest absolute Gasteiger partial charge is 0.507 e. The van der Waals surface area contributed by atoms with Gasteiger partial charge in [-0.1, -0.05) is 121 Å². The van der Waals surface area contributed by atoms with Crippen LogP contribution in [0.1, 0.15) is 179 Å². The van der Waals surface area contributed by atoms with Crippen molar-refractivity contribution in [3.05, 3.63) is 86.5 Å². The standard InChI is InChI=1S/C43H58O/c1-38(2,3)25-19-30(37(44)35(20-25)39(4,5)6)36-28-23-33-31(40(7,8)15-17-42(33,11)12)21-26(28)27-22-32-34(24-29(27)36)43(13,14)18-16-41(32,9)10/h19-24,36,44H,15-18H2,1-14H3. The monoisotopic (exact) mass is 590 g/mol. The van der Waals surface area contributed by atoms with E-state index in [0.29, 0.717) is 5.75 Å². The molecule has 0 saturated carbocycles. The Morgan fingerprint density at radius 2 is 0.864 bits per heavy atom. The van der Waals surface area contributed by atoms with E-state index in [0.717, 1.165) is 11.1 Å². The Bertz CT molecular complexity index is 1590. The van der Waals surface area contributed by atoms with Gasteiger partial charge < -0.3 is 5.11 Å². The molecule has 6 rings (SSSR count). The van der Waals surface area contributed by atoms with E-state index in [1.165, 1.54) is 75.8 Å². The third kappa shape index (κ3) is 4.70. The second-order valence-corrected chi connectivity index (χ2v) is 19.4. The molecule has 0 amide bonds. The summed E-state index contributed by atoms with van der Waals surface area (Å²) in [7, 11) is 0. The maximum Gasteiger partial charge on any atom is 0.123 e. The summed E-state index contributed by atoms with van der Waals surface area (Å²) in [6.45, 7) is 33.1. The first kappa shape index (κ1) is 31.4. The average molecular weight is 591 g/mol. The number of hydrogen-bond acceptors (Lipinski definition) is 1. The van der Waals surface area contributed by atoms with Crippen LogP contribution < -0.4 is 0 Å². The molecule has 1 nitrogen and oxygen atoms in total. The van der Waals surface area contributed by atoms with E-state index >= 15 is 0 Å². The molecule has 0 spiro atoms. The maximum atomic E-state index is 12.3. The number of hydrogen-bond donors (Lipinski definition) is 1. The van der Waals surface area contributed by atoms with Crippen LogP contribution in [0.4, 0.5) is 0 Å². The zero-order valence-electron chi connectivity index (χ0n) is 30.3. The Hall–Kier alpha value is -2.54. The van der Waals surface area contributed by atoms with Gasteiger partial charge in [0, 0.05) is 11.5 Å². The van der Waals surface area contributed by atoms with Gasteiger partial charge in [-0.15, -0.1) is 0 Å². The molecule has 3 aromatic rings. The molecule has 3 aliphatic carbocycles. The summed E-state index contributed by atoms with van der Waals surface area (Å²) in [6.07, 6.45) is 4.80. The minimum atomic E-state index is -0.173. The van der Waals surface area contributed by atoms with Crippen molar-refractivity contribution < 1.29 is 5.11 Å². The van der Waals surface area contributed by atoms with E-state index in [1.54, 1.807) is 0 Å². The first-order chi connectivity index (χ1) is 20.0. The van der Waals surface area contributed by atoms with Crippen LogP contribution >= 0.6 is 0 Å². The molecular weight excluding hydrogens is 532 g/mol. The zero-order valence-corrected chi connectivity index (χ0v) is 30.3. The summed E-state index contributed by atoms with van der Waals surface area (Å²) >= 11 is 0. The molecule has 236 valence electrons. The Labute approximate surface area is 268 Å². The molecule has 0 atom stereocenters. The van der Waals surface area contributed by atoms with Gasteiger partial charge in [0.25, 0.3) is 0 Å². The van der Waals surface area contributed by atoms with Gasteiger partial charge in [0.05, 0.1) is 0 Å². The second-order valence-electron chi connectivity index (χ2n) is 19.4. The van der Waals surface area contributed by atoms with Crippen LogP contribution in [-0.2, 0) is 32.5 Å². The van der Waals surface area contributed by atoms with Crippen molar-refractivity contribution >= 4 is 0 Å². The summed E-state index contributed by atoms with van der Waals surface area (Å²) in [5.41, 5.74) is 15.3. The molecule has 1 N–H and O–H groups in total. The van der Waals surface area contributed by atoms with Gasteiger partial charge in [-0.05, 0) is 126 Å². The van der Waals surface area contributed by atoms with Crippen LogP contribution in [0.2, 0.25) is 0 Å². The summed E-state index contributed by atoms with van der Waals surface area (Å²) in [5, 5.41) is 12.3. The second kappa shape index (κ2) is 9.27. The van der Waals surface area contributed by atoms with E-state index in [9.17, 15) is 5.11 Å². The van der Waals surface area contributed by atoms with Gasteiger partial charge in [-0.2, -0.15) is 0 Å². The summed E-state index contributed by atoms with van der Waals surface area (Å²) < 4.78 is 0. The highest BCUT2D eigenvalue weighted by molar-refractivity contribution is 5.84. The molecular formula is C43H58O. The quantitative estimate of drug-likeness (QED) is 0.234. The fourth-order valence-corrected chi connectivity index (χ4v) is 8.59. The summed E-state index contributed by atoms with van der Waals surface area (Å²) in [4.78, 5) is 0. The molecule has 3 aromatic carbocycles. The van der Waals surface area contributed by atoms with Crippen molar-refractivity contribution in [1.29, 1.82) is 0 Å². The lowest BCUT2D eigenvalue weighted by atomic mass is 9.62. The van der Waals surface area contributed by atoms with Crippen molar-refractivity contribution in [2.24, 2.45) is 0 Å². The van der Waals surface area contributed by atoms with Crippen molar-refractivity contribution in [3.8, 4) is 16.9 Å². The molecule has 0 bridgehead atoms. The molecule has 0 radical (unpaired) electrons. The van der Waals surface area contributed by atoms with Crippen LogP contribution in [0.25, 0.3) is 11.1 Å². The highest BCUT2D eigenvalue weighted by atomic mass is 16.3. The lowest BCUT2D eigenvalue weighted by Crippen LogP contribution is -2.34. The van der Waals surface area contributed by atoms with Gasteiger partial charge in [0.15, 0.2) is 0 Å². The summed E-state index contributed by atoms with van der Waals surface area (Å²) in [6, 6.07) is 14.9. The highest BCUT2D eigenvalue weighted by Crippen LogP contribution is 2.58. The van der Waals surface area contributed by atoms with Crippen molar-refractivity contribution in [3.63, 3.8) is 0 Å². The molecule has 0 saturated heterocycles. The topological polar surface area (TPSA) is 20.2 Å². The van der Waals surface area contributed by atoms with E-state index in [4.69, 9.17) is 0 Å². The SMILES string of the molecule is CC(C)(C)c1cc(C2c3cc4c(cc3-c3cc5c(cc32)C(C)(C)CCC5(C)C)C(C)(C)CCC4(C)C)c(O)c(C(C)(C)C)c1. The Balaban J connectivity index is 1.75. The van der Waals surface area contributed by atoms with Crippen LogP contribution in [0.3, 0.4) is 0 Å². The van der Waals surface area contributed by atoms with Gasteiger partial charge in [0.2, 0.25) is 0 Å². The normalized spacial score (nSPS) is 21.3. The molecule has 0 aromatic heterocycles. The number of phenols is 1. The van der Waals surface area contributed by atoms with E-state index < -0.39 is 0 Å². The van der Waals surface area contributed by atoms with Gasteiger partial charge >= 0.3 is 0 Å². The number of rotatable bonds is 1. The molecule has 3 aliphatic rings.